The summed E-state index contributed by atoms with van der Waals surface area (Å²) in [5.74, 6) is -0.501. The Morgan fingerprint density at radius 1 is 0.952 bits per heavy atom. The van der Waals surface area contributed by atoms with Gasteiger partial charge < -0.3 is 10.1 Å². The molecule has 1 aliphatic heterocycles. The summed E-state index contributed by atoms with van der Waals surface area (Å²) in [5.41, 5.74) is 2.03. The van der Waals surface area contributed by atoms with Crippen molar-refractivity contribution in [1.29, 1.82) is 0 Å². The van der Waals surface area contributed by atoms with Gasteiger partial charge in [-0.1, -0.05) is 30.3 Å². The molecule has 108 valence electrons. The maximum absolute atomic E-state index is 12.5. The van der Waals surface area contributed by atoms with Crippen LogP contribution in [-0.4, -0.2) is 12.3 Å². The molecule has 0 saturated heterocycles. The Balaban J connectivity index is 2.12. The zero-order valence-corrected chi connectivity index (χ0v) is 10.7. The summed E-state index contributed by atoms with van der Waals surface area (Å²) < 4.78 is 41.5. The number of carbonyl (C=O) groups is 1. The number of para-hydroxylation sites is 1. The average molecular weight is 293 g/mol. The zero-order valence-electron chi connectivity index (χ0n) is 10.7. The van der Waals surface area contributed by atoms with Crippen LogP contribution in [-0.2, 0) is 6.54 Å². The molecule has 3 nitrogen and oxygen atoms in total. The third kappa shape index (κ3) is 2.56. The van der Waals surface area contributed by atoms with Crippen LogP contribution in [0.4, 0.5) is 13.2 Å². The van der Waals surface area contributed by atoms with Crippen molar-refractivity contribution in [3.8, 4) is 16.9 Å². The van der Waals surface area contributed by atoms with E-state index in [4.69, 9.17) is 0 Å². The molecule has 1 N–H and O–H groups in total. The molecule has 0 atom stereocenters. The fraction of sp³-hybridized carbons (Fsp3) is 0.133. The van der Waals surface area contributed by atoms with E-state index >= 15 is 0 Å². The highest BCUT2D eigenvalue weighted by Crippen LogP contribution is 2.37. The second kappa shape index (κ2) is 4.80. The number of rotatable bonds is 2. The van der Waals surface area contributed by atoms with Crippen LogP contribution in [0.2, 0.25) is 0 Å². The molecule has 3 rings (SSSR count). The van der Waals surface area contributed by atoms with Gasteiger partial charge >= 0.3 is 6.36 Å². The molecule has 0 saturated carbocycles. The number of halogens is 3. The Kier molecular flexibility index (Phi) is 3.08. The number of ether oxygens (including phenoxy) is 1. The second-order valence-electron chi connectivity index (χ2n) is 4.56. The quantitative estimate of drug-likeness (QED) is 0.920. The van der Waals surface area contributed by atoms with Crippen LogP contribution in [0, 0.1) is 0 Å². The molecule has 1 heterocycles. The SMILES string of the molecule is O=C1NCc2c1cccc2-c1ccccc1OC(F)(F)F. The molecule has 0 aliphatic carbocycles. The molecule has 0 unspecified atom stereocenters. The van der Waals surface area contributed by atoms with Gasteiger partial charge in [-0.2, -0.15) is 0 Å². The van der Waals surface area contributed by atoms with Gasteiger partial charge in [0.2, 0.25) is 0 Å². The number of hydrogen-bond acceptors (Lipinski definition) is 2. The van der Waals surface area contributed by atoms with Crippen molar-refractivity contribution in [3.05, 3.63) is 53.6 Å². The highest BCUT2D eigenvalue weighted by molar-refractivity contribution is 6.00. The van der Waals surface area contributed by atoms with Crippen LogP contribution in [0.15, 0.2) is 42.5 Å². The van der Waals surface area contributed by atoms with Crippen LogP contribution >= 0.6 is 0 Å². The molecule has 0 spiro atoms. The molecule has 0 fully saturated rings. The lowest BCUT2D eigenvalue weighted by Gasteiger charge is -2.15. The Morgan fingerprint density at radius 2 is 1.62 bits per heavy atom. The van der Waals surface area contributed by atoms with Gasteiger partial charge in [-0.25, -0.2) is 0 Å². The number of benzene rings is 2. The van der Waals surface area contributed by atoms with Crippen molar-refractivity contribution >= 4 is 5.91 Å². The first-order chi connectivity index (χ1) is 9.96. The van der Waals surface area contributed by atoms with Crippen molar-refractivity contribution in [2.45, 2.75) is 12.9 Å². The summed E-state index contributed by atoms with van der Waals surface area (Å²) in [7, 11) is 0. The monoisotopic (exact) mass is 293 g/mol. The number of alkyl halides is 3. The summed E-state index contributed by atoms with van der Waals surface area (Å²) in [4.78, 5) is 11.6. The van der Waals surface area contributed by atoms with Crippen LogP contribution in [0.25, 0.3) is 11.1 Å². The highest BCUT2D eigenvalue weighted by Gasteiger charge is 2.32. The van der Waals surface area contributed by atoms with Crippen LogP contribution in [0.5, 0.6) is 5.75 Å². The predicted octanol–water partition coefficient (Wildman–Crippen LogP) is 3.50. The molecule has 2 aromatic rings. The van der Waals surface area contributed by atoms with Crippen molar-refractivity contribution < 1.29 is 22.7 Å². The molecule has 0 aromatic heterocycles. The Hall–Kier alpha value is -2.50. The van der Waals surface area contributed by atoms with Gasteiger partial charge in [0.25, 0.3) is 5.91 Å². The van der Waals surface area contributed by atoms with Gasteiger partial charge in [0.1, 0.15) is 5.75 Å². The molecule has 1 aliphatic rings. The number of nitrogens with one attached hydrogen (secondary N) is 1. The number of fused-ring (bicyclic) bond motifs is 1. The van der Waals surface area contributed by atoms with E-state index in [2.05, 4.69) is 10.1 Å². The molecule has 0 radical (unpaired) electrons. The molecular formula is C15H10F3NO2. The van der Waals surface area contributed by atoms with Gasteiger partial charge in [0.15, 0.2) is 0 Å². The molecule has 2 aromatic carbocycles. The van der Waals surface area contributed by atoms with E-state index in [9.17, 15) is 18.0 Å². The summed E-state index contributed by atoms with van der Waals surface area (Å²) in [6.45, 7) is 0.296. The van der Waals surface area contributed by atoms with Gasteiger partial charge in [0.05, 0.1) is 0 Å². The van der Waals surface area contributed by atoms with E-state index in [1.165, 1.54) is 12.1 Å². The van der Waals surface area contributed by atoms with Crippen LogP contribution < -0.4 is 10.1 Å². The number of amides is 1. The van der Waals surface area contributed by atoms with Crippen LogP contribution in [0.1, 0.15) is 15.9 Å². The van der Waals surface area contributed by atoms with Gasteiger partial charge in [-0.3, -0.25) is 4.79 Å². The molecule has 1 amide bonds. The standard InChI is InChI=1S/C15H10F3NO2/c16-15(17,18)21-13-7-2-1-4-10(13)9-5-3-6-11-12(9)8-19-14(11)20/h1-7H,8H2,(H,19,20). The maximum atomic E-state index is 12.5. The topological polar surface area (TPSA) is 38.3 Å². The summed E-state index contributed by atoms with van der Waals surface area (Å²) in [6, 6.07) is 10.9. The minimum atomic E-state index is -4.76. The average Bonchev–Trinajstić information content (AvgIpc) is 2.80. The first kappa shape index (κ1) is 13.5. The smallest absolute Gasteiger partial charge is 0.405 e. The lowest BCUT2D eigenvalue weighted by molar-refractivity contribution is -0.274. The normalized spacial score (nSPS) is 13.8. The summed E-state index contributed by atoms with van der Waals surface area (Å²) in [5, 5.41) is 2.66. The Bertz CT molecular complexity index is 710. The van der Waals surface area contributed by atoms with E-state index in [0.29, 0.717) is 28.8 Å². The van der Waals surface area contributed by atoms with E-state index in [0.717, 1.165) is 0 Å². The lowest BCUT2D eigenvalue weighted by atomic mass is 9.96. The fourth-order valence-electron chi connectivity index (χ4n) is 2.41. The predicted molar refractivity (Wildman–Crippen MR) is 69.7 cm³/mol. The van der Waals surface area contributed by atoms with Crippen molar-refractivity contribution in [2.75, 3.05) is 0 Å². The third-order valence-electron chi connectivity index (χ3n) is 3.25. The molecular weight excluding hydrogens is 283 g/mol. The number of carbonyl (C=O) groups excluding carboxylic acids is 1. The first-order valence-electron chi connectivity index (χ1n) is 6.21. The van der Waals surface area contributed by atoms with Crippen molar-refractivity contribution in [1.82, 2.24) is 5.32 Å². The molecule has 0 bridgehead atoms. The second-order valence-corrected chi connectivity index (χ2v) is 4.56. The maximum Gasteiger partial charge on any atom is 0.573 e. The summed E-state index contributed by atoms with van der Waals surface area (Å²) in [6.07, 6.45) is -4.76. The minimum absolute atomic E-state index is 0.221. The highest BCUT2D eigenvalue weighted by atomic mass is 19.4. The zero-order chi connectivity index (χ0) is 15.0. The summed E-state index contributed by atoms with van der Waals surface area (Å²) >= 11 is 0. The lowest BCUT2D eigenvalue weighted by Crippen LogP contribution is -2.17. The minimum Gasteiger partial charge on any atom is -0.405 e. The number of hydrogen-bond donors (Lipinski definition) is 1. The van der Waals surface area contributed by atoms with E-state index in [1.807, 2.05) is 0 Å². The van der Waals surface area contributed by atoms with Gasteiger partial charge in [0, 0.05) is 17.7 Å². The van der Waals surface area contributed by atoms with E-state index < -0.39 is 6.36 Å². The van der Waals surface area contributed by atoms with Crippen molar-refractivity contribution in [3.63, 3.8) is 0 Å². The largest absolute Gasteiger partial charge is 0.573 e. The van der Waals surface area contributed by atoms with Crippen LogP contribution in [0.3, 0.4) is 0 Å². The molecule has 21 heavy (non-hydrogen) atoms. The fourth-order valence-corrected chi connectivity index (χ4v) is 2.41. The Labute approximate surface area is 118 Å². The first-order valence-corrected chi connectivity index (χ1v) is 6.21. The van der Waals surface area contributed by atoms with Gasteiger partial charge in [-0.15, -0.1) is 13.2 Å². The van der Waals surface area contributed by atoms with E-state index in [-0.39, 0.29) is 11.7 Å². The van der Waals surface area contributed by atoms with Crippen molar-refractivity contribution in [2.24, 2.45) is 0 Å². The molecule has 6 heteroatoms. The third-order valence-corrected chi connectivity index (χ3v) is 3.25. The van der Waals surface area contributed by atoms with Gasteiger partial charge in [-0.05, 0) is 23.3 Å². The van der Waals surface area contributed by atoms with E-state index in [1.54, 1.807) is 30.3 Å². The Morgan fingerprint density at radius 3 is 2.38 bits per heavy atom.